The van der Waals surface area contributed by atoms with Crippen LogP contribution >= 0.6 is 0 Å². The smallest absolute Gasteiger partial charge is 0.140 e. The monoisotopic (exact) mass is 502 g/mol. The van der Waals surface area contributed by atoms with Gasteiger partial charge in [0.15, 0.2) is 0 Å². The highest BCUT2D eigenvalue weighted by molar-refractivity contribution is 5.89. The molecule has 1 saturated heterocycles. The molecule has 0 spiro atoms. The van der Waals surface area contributed by atoms with Gasteiger partial charge in [-0.3, -0.25) is 4.90 Å². The van der Waals surface area contributed by atoms with Gasteiger partial charge in [-0.15, -0.1) is 0 Å². The second-order valence-corrected chi connectivity index (χ2v) is 8.67. The van der Waals surface area contributed by atoms with Gasteiger partial charge in [-0.05, 0) is 45.0 Å². The molecule has 1 aliphatic rings. The zero-order chi connectivity index (χ0) is 27.4. The van der Waals surface area contributed by atoms with Gasteiger partial charge in [0.2, 0.25) is 0 Å². The summed E-state index contributed by atoms with van der Waals surface area (Å²) < 4.78 is 6.30. The van der Waals surface area contributed by atoms with Crippen molar-refractivity contribution >= 4 is 16.7 Å². The van der Waals surface area contributed by atoms with Crippen LogP contribution in [0.3, 0.4) is 0 Å². The van der Waals surface area contributed by atoms with Gasteiger partial charge < -0.3 is 9.32 Å². The lowest BCUT2D eigenvalue weighted by atomic mass is 9.98. The second kappa shape index (κ2) is 14.5. The molecule has 0 saturated carbocycles. The number of anilines is 1. The van der Waals surface area contributed by atoms with Crippen molar-refractivity contribution in [2.24, 2.45) is 0 Å². The molecule has 3 heterocycles. The fourth-order valence-corrected chi connectivity index (χ4v) is 4.47. The molecule has 5 rings (SSSR count). The minimum Gasteiger partial charge on any atom is -0.459 e. The van der Waals surface area contributed by atoms with E-state index in [0.717, 1.165) is 65.8 Å². The highest BCUT2D eigenvalue weighted by Gasteiger charge is 2.34. The summed E-state index contributed by atoms with van der Waals surface area (Å²) in [4.78, 5) is 14.3. The van der Waals surface area contributed by atoms with Crippen molar-refractivity contribution in [3.8, 4) is 11.3 Å². The van der Waals surface area contributed by atoms with E-state index < -0.39 is 0 Å². The van der Waals surface area contributed by atoms with E-state index in [9.17, 15) is 0 Å². The zero-order valence-electron chi connectivity index (χ0n) is 24.4. The molecule has 0 bridgehead atoms. The van der Waals surface area contributed by atoms with Crippen molar-refractivity contribution in [2.45, 2.75) is 67.9 Å². The first-order chi connectivity index (χ1) is 18.0. The molecule has 37 heavy (non-hydrogen) atoms. The molecule has 5 heteroatoms. The molecular formula is C32H46N4O. The van der Waals surface area contributed by atoms with Crippen LogP contribution in [0.4, 0.5) is 5.82 Å². The van der Waals surface area contributed by atoms with Gasteiger partial charge >= 0.3 is 0 Å². The van der Waals surface area contributed by atoms with Gasteiger partial charge in [-0.2, -0.15) is 0 Å². The summed E-state index contributed by atoms with van der Waals surface area (Å²) in [5.74, 6) is 3.79. The van der Waals surface area contributed by atoms with Crippen LogP contribution in [-0.2, 0) is 5.54 Å². The minimum atomic E-state index is -0.178. The quantitative estimate of drug-likeness (QED) is 0.281. The first-order valence-corrected chi connectivity index (χ1v) is 13.9. The van der Waals surface area contributed by atoms with Crippen LogP contribution in [0.1, 0.15) is 67.0 Å². The number of para-hydroxylation sites is 1. The molecule has 200 valence electrons. The third-order valence-corrected chi connectivity index (χ3v) is 6.33. The van der Waals surface area contributed by atoms with Crippen LogP contribution in [0.25, 0.3) is 22.2 Å². The molecule has 1 fully saturated rings. The number of aromatic nitrogens is 2. The Kier molecular flexibility index (Phi) is 11.8. The third-order valence-electron chi connectivity index (χ3n) is 6.33. The summed E-state index contributed by atoms with van der Waals surface area (Å²) in [5.41, 5.74) is 1.94. The zero-order valence-corrected chi connectivity index (χ0v) is 24.4. The fourth-order valence-electron chi connectivity index (χ4n) is 4.47. The van der Waals surface area contributed by atoms with Crippen LogP contribution in [0.15, 0.2) is 71.1 Å². The molecule has 5 nitrogen and oxygen atoms in total. The lowest BCUT2D eigenvalue weighted by Crippen LogP contribution is -2.53. The molecule has 0 aliphatic carbocycles. The average molecular weight is 503 g/mol. The molecule has 2 aromatic carbocycles. The minimum absolute atomic E-state index is 0.178. The summed E-state index contributed by atoms with van der Waals surface area (Å²) >= 11 is 0. The molecule has 4 aromatic rings. The molecule has 0 radical (unpaired) electrons. The van der Waals surface area contributed by atoms with Crippen LogP contribution in [-0.4, -0.2) is 41.0 Å². The van der Waals surface area contributed by atoms with Crippen LogP contribution in [0.2, 0.25) is 0 Å². The van der Waals surface area contributed by atoms with Crippen molar-refractivity contribution in [3.05, 3.63) is 78.3 Å². The number of benzene rings is 2. The highest BCUT2D eigenvalue weighted by atomic mass is 16.3. The van der Waals surface area contributed by atoms with Crippen LogP contribution < -0.4 is 4.90 Å². The van der Waals surface area contributed by atoms with Crippen molar-refractivity contribution in [2.75, 3.05) is 31.1 Å². The maximum absolute atomic E-state index is 6.30. The van der Waals surface area contributed by atoms with Gasteiger partial charge in [0.25, 0.3) is 0 Å². The number of nitrogens with zero attached hydrogens (tertiary/aromatic N) is 4. The van der Waals surface area contributed by atoms with Crippen LogP contribution in [0, 0.1) is 6.92 Å². The van der Waals surface area contributed by atoms with Crippen molar-refractivity contribution < 1.29 is 4.42 Å². The molecule has 1 aliphatic heterocycles. The van der Waals surface area contributed by atoms with Gasteiger partial charge in [0.1, 0.15) is 23.2 Å². The second-order valence-electron chi connectivity index (χ2n) is 8.67. The number of piperazine rings is 1. The Morgan fingerprint density at radius 2 is 1.30 bits per heavy atom. The van der Waals surface area contributed by atoms with E-state index in [1.165, 1.54) is 0 Å². The van der Waals surface area contributed by atoms with Crippen LogP contribution in [0.5, 0.6) is 0 Å². The van der Waals surface area contributed by atoms with Gasteiger partial charge in [-0.25, -0.2) is 9.97 Å². The molecule has 2 aromatic heterocycles. The Balaban J connectivity index is 0.000000750. The Morgan fingerprint density at radius 3 is 1.95 bits per heavy atom. The lowest BCUT2D eigenvalue weighted by molar-refractivity contribution is 0.0904. The lowest BCUT2D eigenvalue weighted by Gasteiger charge is -2.43. The summed E-state index contributed by atoms with van der Waals surface area (Å²) in [5, 5.41) is 1.12. The Labute approximate surface area is 224 Å². The SMILES string of the molecule is CC.CC.CC.Cc1nc(N2CCN(C(C)(C)c3ccc(-c4ccccc4)o3)CC2)c2ccccc2n1. The summed E-state index contributed by atoms with van der Waals surface area (Å²) in [7, 11) is 0. The largest absolute Gasteiger partial charge is 0.459 e. The topological polar surface area (TPSA) is 45.4 Å². The first-order valence-electron chi connectivity index (χ1n) is 13.9. The number of rotatable bonds is 4. The van der Waals surface area contributed by atoms with E-state index in [2.05, 4.69) is 71.1 Å². The van der Waals surface area contributed by atoms with Crippen molar-refractivity contribution in [1.82, 2.24) is 14.9 Å². The number of aryl methyl sites for hydroxylation is 1. The van der Waals surface area contributed by atoms with Gasteiger partial charge in [0, 0.05) is 37.1 Å². The number of hydrogen-bond donors (Lipinski definition) is 0. The summed E-state index contributed by atoms with van der Waals surface area (Å²) in [6, 6.07) is 22.8. The predicted octanol–water partition coefficient (Wildman–Crippen LogP) is 8.33. The standard InChI is InChI=1S/C26H28N4O.3C2H6/c1-19-27-22-12-8-7-11-21(22)25(28-19)29-15-17-30(18-16-29)26(2,3)24-14-13-23(31-24)20-9-5-4-6-10-20;3*1-2/h4-14H,15-18H2,1-3H3;3*1-2H3. The first kappa shape index (κ1) is 30.0. The van der Waals surface area contributed by atoms with Gasteiger partial charge in [-0.1, -0.05) is 84.0 Å². The summed E-state index contributed by atoms with van der Waals surface area (Å²) in [6.45, 7) is 22.2. The predicted molar refractivity (Wildman–Crippen MR) is 159 cm³/mol. The number of hydrogen-bond acceptors (Lipinski definition) is 5. The maximum Gasteiger partial charge on any atom is 0.140 e. The van der Waals surface area contributed by atoms with E-state index in [4.69, 9.17) is 9.40 Å². The molecule has 0 N–H and O–H groups in total. The Bertz CT molecular complexity index is 1190. The van der Waals surface area contributed by atoms with Crippen molar-refractivity contribution in [1.29, 1.82) is 0 Å². The summed E-state index contributed by atoms with van der Waals surface area (Å²) in [6.07, 6.45) is 0. The normalized spacial score (nSPS) is 13.5. The Hall–Kier alpha value is -3.18. The third kappa shape index (κ3) is 6.98. The molecule has 0 unspecified atom stereocenters. The van der Waals surface area contributed by atoms with E-state index >= 15 is 0 Å². The van der Waals surface area contributed by atoms with Crippen molar-refractivity contribution in [3.63, 3.8) is 0 Å². The van der Waals surface area contributed by atoms with Gasteiger partial charge in [0.05, 0.1) is 11.1 Å². The molecular weight excluding hydrogens is 456 g/mol. The highest BCUT2D eigenvalue weighted by Crippen LogP contribution is 2.34. The fraction of sp³-hybridized carbons (Fsp3) is 0.438. The molecule has 0 amide bonds. The van der Waals surface area contributed by atoms with E-state index in [1.807, 2.05) is 72.7 Å². The molecule has 0 atom stereocenters. The Morgan fingerprint density at radius 1 is 0.703 bits per heavy atom. The number of furan rings is 1. The van der Waals surface area contributed by atoms with E-state index in [1.54, 1.807) is 0 Å². The number of fused-ring (bicyclic) bond motifs is 1. The average Bonchev–Trinajstić information content (AvgIpc) is 3.48. The van der Waals surface area contributed by atoms with E-state index in [0.29, 0.717) is 0 Å². The maximum atomic E-state index is 6.30. The van der Waals surface area contributed by atoms with E-state index in [-0.39, 0.29) is 5.54 Å².